The van der Waals surface area contributed by atoms with E-state index in [1.807, 2.05) is 0 Å². The van der Waals surface area contributed by atoms with Crippen LogP contribution in [-0.2, 0) is 0 Å². The lowest BCUT2D eigenvalue weighted by molar-refractivity contribution is -0.886. The average Bonchev–Trinajstić information content (AvgIpc) is 1.85. The molecule has 0 aliphatic heterocycles. The van der Waals surface area contributed by atoms with Crippen molar-refractivity contribution < 1.29 is 14.0 Å². The van der Waals surface area contributed by atoms with Crippen molar-refractivity contribution in [2.24, 2.45) is 0 Å². The van der Waals surface area contributed by atoms with Crippen molar-refractivity contribution >= 4 is 0 Å². The molecule has 0 amide bonds. The van der Waals surface area contributed by atoms with Crippen LogP contribution in [0, 0.1) is 12.7 Å². The topological polar surface area (TPSA) is 13.1 Å². The fourth-order valence-corrected chi connectivity index (χ4v) is 0.757. The molecule has 0 saturated carbocycles. The van der Waals surface area contributed by atoms with Gasteiger partial charge in [0.15, 0.2) is 5.82 Å². The molecule has 0 atom stereocenters. The van der Waals surface area contributed by atoms with Gasteiger partial charge in [-0.05, 0) is 13.0 Å². The number of aryl methyl sites for hydroxylation is 1. The maximum atomic E-state index is 12.5. The molecule has 54 valence electrons. The second-order valence-corrected chi connectivity index (χ2v) is 2.07. The molecule has 0 aromatic carbocycles. The predicted molar refractivity (Wildman–Crippen MR) is 33.8 cm³/mol. The van der Waals surface area contributed by atoms with E-state index in [0.29, 0.717) is 0 Å². The van der Waals surface area contributed by atoms with Crippen LogP contribution >= 0.6 is 0 Å². The zero-order chi connectivity index (χ0) is 7.56. The van der Waals surface area contributed by atoms with Gasteiger partial charge < -0.3 is 0 Å². The molecule has 10 heavy (non-hydrogen) atoms. The first-order valence-corrected chi connectivity index (χ1v) is 2.95. The molecule has 0 aliphatic carbocycles. The van der Waals surface area contributed by atoms with Crippen molar-refractivity contribution in [3.8, 4) is 0 Å². The Hall–Kier alpha value is -1.12. The third-order valence-electron chi connectivity index (χ3n) is 1.16. The Kier molecular flexibility index (Phi) is 1.85. The molecule has 0 N–H and O–H groups in total. The Morgan fingerprint density at radius 2 is 2.20 bits per heavy atom. The van der Waals surface area contributed by atoms with E-state index >= 15 is 0 Å². The zero-order valence-electron chi connectivity index (χ0n) is 5.97. The summed E-state index contributed by atoms with van der Waals surface area (Å²) in [5.74, 6) is -0.290. The van der Waals surface area contributed by atoms with Crippen LogP contribution in [-0.4, -0.2) is 7.11 Å². The number of pyridine rings is 1. The lowest BCUT2D eigenvalue weighted by Gasteiger charge is -1.91. The predicted octanol–water partition coefficient (Wildman–Crippen LogP) is 0.480. The zero-order valence-corrected chi connectivity index (χ0v) is 5.97. The summed E-state index contributed by atoms with van der Waals surface area (Å²) in [6.07, 6.45) is 2.97. The number of nitrogens with zero attached hydrogens (tertiary/aromatic N) is 1. The molecule has 0 spiro atoms. The van der Waals surface area contributed by atoms with Crippen LogP contribution in [0.2, 0.25) is 0 Å². The van der Waals surface area contributed by atoms with Crippen molar-refractivity contribution in [1.29, 1.82) is 0 Å². The van der Waals surface area contributed by atoms with Gasteiger partial charge >= 0.3 is 0 Å². The fraction of sp³-hybridized carbons (Fsp3) is 0.286. The summed E-state index contributed by atoms with van der Waals surface area (Å²) in [7, 11) is 1.48. The van der Waals surface area contributed by atoms with Gasteiger partial charge in [-0.1, -0.05) is 0 Å². The van der Waals surface area contributed by atoms with Crippen molar-refractivity contribution in [2.45, 2.75) is 6.92 Å². The molecule has 3 heteroatoms. The maximum Gasteiger partial charge on any atom is 0.257 e. The van der Waals surface area contributed by atoms with Crippen LogP contribution in [0.1, 0.15) is 5.56 Å². The molecule has 0 bridgehead atoms. The normalized spacial score (nSPS) is 9.50. The summed E-state index contributed by atoms with van der Waals surface area (Å²) in [6.45, 7) is 1.80. The van der Waals surface area contributed by atoms with Crippen LogP contribution in [0.5, 0.6) is 0 Å². The van der Waals surface area contributed by atoms with Crippen molar-refractivity contribution in [1.82, 2.24) is 0 Å². The maximum absolute atomic E-state index is 12.5. The van der Waals surface area contributed by atoms with Crippen molar-refractivity contribution in [2.75, 3.05) is 7.11 Å². The van der Waals surface area contributed by atoms with Gasteiger partial charge in [0.2, 0.25) is 6.20 Å². The van der Waals surface area contributed by atoms with Crippen LogP contribution in [0.15, 0.2) is 18.5 Å². The molecule has 0 saturated heterocycles. The van der Waals surface area contributed by atoms with E-state index in [2.05, 4.69) is 0 Å². The first kappa shape index (κ1) is 6.99. The van der Waals surface area contributed by atoms with Gasteiger partial charge in [0.25, 0.3) is 6.20 Å². The molecule has 0 radical (unpaired) electrons. The largest absolute Gasteiger partial charge is 0.275 e. The van der Waals surface area contributed by atoms with Crippen LogP contribution in [0.3, 0.4) is 0 Å². The number of rotatable bonds is 1. The first-order chi connectivity index (χ1) is 4.72. The minimum absolute atomic E-state index is 0.290. The molecule has 0 fully saturated rings. The molecule has 1 aromatic heterocycles. The Morgan fingerprint density at radius 1 is 1.50 bits per heavy atom. The average molecular weight is 142 g/mol. The van der Waals surface area contributed by atoms with Gasteiger partial charge in [-0.3, -0.25) is 4.84 Å². The van der Waals surface area contributed by atoms with Gasteiger partial charge in [-0.15, -0.1) is 0 Å². The summed E-state index contributed by atoms with van der Waals surface area (Å²) in [5, 5.41) is 0. The van der Waals surface area contributed by atoms with Crippen molar-refractivity contribution in [3.05, 3.63) is 29.8 Å². The molecule has 0 aliphatic rings. The SMILES string of the molecule is CO[n+]1cc(C)cc(F)c1. The first-order valence-electron chi connectivity index (χ1n) is 2.95. The van der Waals surface area contributed by atoms with Crippen LogP contribution < -0.4 is 9.57 Å². The lowest BCUT2D eigenvalue weighted by atomic mass is 10.3. The highest BCUT2D eigenvalue weighted by Crippen LogP contribution is 1.95. The highest BCUT2D eigenvalue weighted by atomic mass is 19.1. The van der Waals surface area contributed by atoms with Gasteiger partial charge in [0.05, 0.1) is 0 Å². The van der Waals surface area contributed by atoms with Crippen LogP contribution in [0.4, 0.5) is 4.39 Å². The minimum atomic E-state index is -0.290. The standard InChI is InChI=1S/C7H9FNO/c1-6-3-7(8)5-9(4-6)10-2/h3-5H,1-2H3/q+1. The summed E-state index contributed by atoms with van der Waals surface area (Å²) in [6, 6.07) is 1.44. The highest BCUT2D eigenvalue weighted by Gasteiger charge is 2.02. The van der Waals surface area contributed by atoms with E-state index in [-0.39, 0.29) is 5.82 Å². The quantitative estimate of drug-likeness (QED) is 0.520. The Morgan fingerprint density at radius 3 is 2.70 bits per heavy atom. The summed E-state index contributed by atoms with van der Waals surface area (Å²) in [4.78, 5) is 4.75. The number of halogens is 1. The molecular formula is C7H9FNO+. The Bertz CT molecular complexity index is 217. The van der Waals surface area contributed by atoms with Crippen LogP contribution in [0.25, 0.3) is 0 Å². The number of hydrogen-bond donors (Lipinski definition) is 0. The van der Waals surface area contributed by atoms with Gasteiger partial charge in [-0.25, -0.2) is 4.39 Å². The second kappa shape index (κ2) is 2.64. The molecule has 1 aromatic rings. The van der Waals surface area contributed by atoms with Gasteiger partial charge in [-0.2, -0.15) is 0 Å². The van der Waals surface area contributed by atoms with E-state index < -0.39 is 0 Å². The van der Waals surface area contributed by atoms with E-state index in [9.17, 15) is 4.39 Å². The number of aromatic nitrogens is 1. The Balaban J connectivity index is 3.06. The second-order valence-electron chi connectivity index (χ2n) is 2.07. The molecular weight excluding hydrogens is 133 g/mol. The number of hydrogen-bond acceptors (Lipinski definition) is 1. The molecule has 0 unspecified atom stereocenters. The van der Waals surface area contributed by atoms with E-state index in [4.69, 9.17) is 4.84 Å². The van der Waals surface area contributed by atoms with Gasteiger partial charge in [0, 0.05) is 10.3 Å². The summed E-state index contributed by atoms with van der Waals surface area (Å²) < 4.78 is 13.8. The highest BCUT2D eigenvalue weighted by molar-refractivity contribution is 5.03. The lowest BCUT2D eigenvalue weighted by Crippen LogP contribution is -2.40. The molecule has 2 nitrogen and oxygen atoms in total. The summed E-state index contributed by atoms with van der Waals surface area (Å²) >= 11 is 0. The van der Waals surface area contributed by atoms with Gasteiger partial charge in [0.1, 0.15) is 7.11 Å². The summed E-state index contributed by atoms with van der Waals surface area (Å²) in [5.41, 5.74) is 0.835. The smallest absolute Gasteiger partial charge is 0.257 e. The minimum Gasteiger partial charge on any atom is -0.275 e. The van der Waals surface area contributed by atoms with E-state index in [1.54, 1.807) is 13.1 Å². The third kappa shape index (κ3) is 1.43. The fourth-order valence-electron chi connectivity index (χ4n) is 0.757. The van der Waals surface area contributed by atoms with E-state index in [1.165, 1.54) is 24.1 Å². The molecule has 1 rings (SSSR count). The van der Waals surface area contributed by atoms with E-state index in [0.717, 1.165) is 5.56 Å². The third-order valence-corrected chi connectivity index (χ3v) is 1.16. The Labute approximate surface area is 58.8 Å². The van der Waals surface area contributed by atoms with Crippen molar-refractivity contribution in [3.63, 3.8) is 0 Å². The monoisotopic (exact) mass is 142 g/mol. The molecule has 1 heterocycles.